The van der Waals surface area contributed by atoms with Gasteiger partial charge in [-0.3, -0.25) is 0 Å². The van der Waals surface area contributed by atoms with Gasteiger partial charge in [0.2, 0.25) is 0 Å². The maximum atomic E-state index is 5.51. The van der Waals surface area contributed by atoms with Gasteiger partial charge in [0.05, 0.1) is 6.54 Å². The zero-order valence-electron chi connectivity index (χ0n) is 8.09. The topological polar surface area (TPSA) is 78.9 Å². The van der Waals surface area contributed by atoms with Gasteiger partial charge in [-0.15, -0.1) is 5.10 Å². The van der Waals surface area contributed by atoms with Gasteiger partial charge in [-0.25, -0.2) is 4.68 Å². The molecule has 0 spiro atoms. The molecule has 1 aliphatic heterocycles. The van der Waals surface area contributed by atoms with E-state index in [-0.39, 0.29) is 0 Å². The number of hydrogen-bond donors (Lipinski definition) is 1. The van der Waals surface area contributed by atoms with Gasteiger partial charge in [0.15, 0.2) is 5.82 Å². The van der Waals surface area contributed by atoms with Gasteiger partial charge in [0, 0.05) is 19.8 Å². The number of ether oxygens (including phenoxy) is 1. The fourth-order valence-electron chi connectivity index (χ4n) is 1.68. The van der Waals surface area contributed by atoms with E-state index < -0.39 is 0 Å². The quantitative estimate of drug-likeness (QED) is 0.710. The number of rotatable bonds is 3. The van der Waals surface area contributed by atoms with E-state index in [1.54, 1.807) is 4.68 Å². The molecule has 0 aromatic carbocycles. The average Bonchev–Trinajstić information content (AvgIpc) is 2.67. The van der Waals surface area contributed by atoms with Crippen LogP contribution >= 0.6 is 0 Å². The van der Waals surface area contributed by atoms with Crippen LogP contribution < -0.4 is 5.73 Å². The van der Waals surface area contributed by atoms with E-state index in [0.717, 1.165) is 38.4 Å². The lowest BCUT2D eigenvalue weighted by atomic mass is 10.0. The minimum atomic E-state index is 0.399. The van der Waals surface area contributed by atoms with E-state index >= 15 is 0 Å². The molecule has 0 radical (unpaired) electrons. The lowest BCUT2D eigenvalue weighted by molar-refractivity contribution is 0.0597. The minimum absolute atomic E-state index is 0.399. The molecule has 1 aromatic rings. The molecule has 1 fully saturated rings. The monoisotopic (exact) mass is 197 g/mol. The highest BCUT2D eigenvalue weighted by Crippen LogP contribution is 2.16. The Balaban J connectivity index is 1.95. The number of hydrogen-bond acceptors (Lipinski definition) is 5. The summed E-state index contributed by atoms with van der Waals surface area (Å²) in [5, 5.41) is 11.4. The lowest BCUT2D eigenvalue weighted by Gasteiger charge is -2.21. The molecule has 78 valence electrons. The highest BCUT2D eigenvalue weighted by molar-refractivity contribution is 4.79. The summed E-state index contributed by atoms with van der Waals surface area (Å²) in [6.45, 7) is 2.97. The van der Waals surface area contributed by atoms with Gasteiger partial charge in [-0.2, -0.15) is 0 Å². The maximum Gasteiger partial charge on any atom is 0.164 e. The van der Waals surface area contributed by atoms with Gasteiger partial charge in [0.1, 0.15) is 0 Å². The third-order valence-corrected chi connectivity index (χ3v) is 2.56. The molecule has 1 aliphatic rings. The van der Waals surface area contributed by atoms with Crippen molar-refractivity contribution in [2.24, 2.45) is 11.7 Å². The highest BCUT2D eigenvalue weighted by Gasteiger charge is 2.16. The Kier molecular flexibility index (Phi) is 3.05. The van der Waals surface area contributed by atoms with Crippen molar-refractivity contribution in [2.45, 2.75) is 25.9 Å². The summed E-state index contributed by atoms with van der Waals surface area (Å²) in [6, 6.07) is 0. The van der Waals surface area contributed by atoms with Crippen LogP contribution in [0.2, 0.25) is 0 Å². The van der Waals surface area contributed by atoms with Crippen molar-refractivity contribution in [1.29, 1.82) is 0 Å². The molecule has 6 nitrogen and oxygen atoms in total. The molecule has 2 N–H and O–H groups in total. The van der Waals surface area contributed by atoms with Crippen LogP contribution in [-0.4, -0.2) is 33.4 Å². The maximum absolute atomic E-state index is 5.51. The van der Waals surface area contributed by atoms with E-state index in [4.69, 9.17) is 10.5 Å². The zero-order chi connectivity index (χ0) is 9.80. The summed E-state index contributed by atoms with van der Waals surface area (Å²) in [4.78, 5) is 0. The second-order valence-electron chi connectivity index (χ2n) is 3.54. The molecule has 2 heterocycles. The second kappa shape index (κ2) is 4.47. The van der Waals surface area contributed by atoms with Gasteiger partial charge < -0.3 is 10.5 Å². The molecular weight excluding hydrogens is 182 g/mol. The summed E-state index contributed by atoms with van der Waals surface area (Å²) in [5.41, 5.74) is 5.51. The molecule has 0 unspecified atom stereocenters. The van der Waals surface area contributed by atoms with E-state index in [1.165, 1.54) is 0 Å². The molecule has 1 saturated heterocycles. The van der Waals surface area contributed by atoms with Crippen LogP contribution in [0.1, 0.15) is 18.7 Å². The molecule has 0 saturated carbocycles. The van der Waals surface area contributed by atoms with Crippen LogP contribution in [-0.2, 0) is 17.8 Å². The van der Waals surface area contributed by atoms with E-state index in [9.17, 15) is 0 Å². The van der Waals surface area contributed by atoms with Crippen molar-refractivity contribution in [2.75, 3.05) is 13.2 Å². The normalized spacial score (nSPS) is 18.6. The van der Waals surface area contributed by atoms with Crippen LogP contribution in [0.4, 0.5) is 0 Å². The Morgan fingerprint density at radius 1 is 1.43 bits per heavy atom. The molecule has 0 aliphatic carbocycles. The smallest absolute Gasteiger partial charge is 0.164 e. The average molecular weight is 197 g/mol. The van der Waals surface area contributed by atoms with E-state index in [0.29, 0.717) is 12.5 Å². The third-order valence-electron chi connectivity index (χ3n) is 2.56. The first-order valence-corrected chi connectivity index (χ1v) is 4.93. The molecule has 0 atom stereocenters. The van der Waals surface area contributed by atoms with Crippen LogP contribution in [0.5, 0.6) is 0 Å². The number of aromatic nitrogens is 4. The first-order chi connectivity index (χ1) is 6.90. The molecule has 2 rings (SSSR count). The number of nitrogens with two attached hydrogens (primary N) is 1. The number of nitrogens with zero attached hydrogens (tertiary/aromatic N) is 4. The first-order valence-electron chi connectivity index (χ1n) is 4.93. The van der Waals surface area contributed by atoms with E-state index in [1.807, 2.05) is 0 Å². The predicted octanol–water partition coefficient (Wildman–Crippen LogP) is -0.442. The third kappa shape index (κ3) is 2.08. The Bertz CT molecular complexity index is 281. The van der Waals surface area contributed by atoms with Crippen LogP contribution in [0.3, 0.4) is 0 Å². The largest absolute Gasteiger partial charge is 0.381 e. The molecule has 0 amide bonds. The standard InChI is InChI=1S/C8H15N5O/c9-5-8-10-11-12-13(8)6-7-1-3-14-4-2-7/h7H,1-6,9H2. The molecule has 14 heavy (non-hydrogen) atoms. The van der Waals surface area contributed by atoms with Crippen molar-refractivity contribution >= 4 is 0 Å². The highest BCUT2D eigenvalue weighted by atomic mass is 16.5. The van der Waals surface area contributed by atoms with Gasteiger partial charge >= 0.3 is 0 Å². The molecule has 6 heteroatoms. The fourth-order valence-corrected chi connectivity index (χ4v) is 1.68. The SMILES string of the molecule is NCc1nnnn1CC1CCOCC1. The van der Waals surface area contributed by atoms with Crippen molar-refractivity contribution in [3.8, 4) is 0 Å². The van der Waals surface area contributed by atoms with Gasteiger partial charge in [-0.1, -0.05) is 0 Å². The number of tetrazole rings is 1. The molecule has 1 aromatic heterocycles. The van der Waals surface area contributed by atoms with Crippen molar-refractivity contribution < 1.29 is 4.74 Å². The Labute approximate surface area is 82.4 Å². The summed E-state index contributed by atoms with van der Waals surface area (Å²) in [5.74, 6) is 1.38. The Morgan fingerprint density at radius 2 is 2.21 bits per heavy atom. The Hall–Kier alpha value is -1.01. The summed E-state index contributed by atoms with van der Waals surface area (Å²) in [7, 11) is 0. The first kappa shape index (κ1) is 9.54. The summed E-state index contributed by atoms with van der Waals surface area (Å²) >= 11 is 0. The summed E-state index contributed by atoms with van der Waals surface area (Å²) < 4.78 is 7.09. The van der Waals surface area contributed by atoms with E-state index in [2.05, 4.69) is 15.5 Å². The predicted molar refractivity (Wildman–Crippen MR) is 49.3 cm³/mol. The zero-order valence-corrected chi connectivity index (χ0v) is 8.09. The molecule has 0 bridgehead atoms. The van der Waals surface area contributed by atoms with Crippen molar-refractivity contribution in [3.63, 3.8) is 0 Å². The molecular formula is C8H15N5O. The van der Waals surface area contributed by atoms with Crippen LogP contribution in [0.25, 0.3) is 0 Å². The van der Waals surface area contributed by atoms with Crippen molar-refractivity contribution in [3.05, 3.63) is 5.82 Å². The minimum Gasteiger partial charge on any atom is -0.381 e. The fraction of sp³-hybridized carbons (Fsp3) is 0.875. The van der Waals surface area contributed by atoms with Gasteiger partial charge in [-0.05, 0) is 29.2 Å². The Morgan fingerprint density at radius 3 is 2.93 bits per heavy atom. The van der Waals surface area contributed by atoms with Crippen LogP contribution in [0.15, 0.2) is 0 Å². The second-order valence-corrected chi connectivity index (χ2v) is 3.54. The lowest BCUT2D eigenvalue weighted by Crippen LogP contribution is -2.22. The van der Waals surface area contributed by atoms with Crippen molar-refractivity contribution in [1.82, 2.24) is 20.2 Å². The summed E-state index contributed by atoms with van der Waals surface area (Å²) in [6.07, 6.45) is 2.17. The van der Waals surface area contributed by atoms with Gasteiger partial charge in [0.25, 0.3) is 0 Å². The van der Waals surface area contributed by atoms with Crippen LogP contribution in [0, 0.1) is 5.92 Å².